The second-order valence-corrected chi connectivity index (χ2v) is 4.92. The van der Waals surface area contributed by atoms with Gasteiger partial charge in [-0.1, -0.05) is 62.6 Å². The molecule has 1 N–H and O–H groups in total. The van der Waals surface area contributed by atoms with E-state index in [0.29, 0.717) is 0 Å². The number of fused-ring (bicyclic) bond motifs is 1. The van der Waals surface area contributed by atoms with Crippen molar-refractivity contribution in [3.8, 4) is 0 Å². The molecule has 0 radical (unpaired) electrons. The summed E-state index contributed by atoms with van der Waals surface area (Å²) in [6, 6.07) is 0. The van der Waals surface area contributed by atoms with Crippen LogP contribution < -0.4 is 5.32 Å². The van der Waals surface area contributed by atoms with Crippen LogP contribution in [0.25, 0.3) is 0 Å². The van der Waals surface area contributed by atoms with E-state index in [1.165, 1.54) is 0 Å². The van der Waals surface area contributed by atoms with Crippen molar-refractivity contribution in [3.63, 3.8) is 0 Å². The van der Waals surface area contributed by atoms with Crippen molar-refractivity contribution in [2.24, 2.45) is 5.41 Å². The van der Waals surface area contributed by atoms with Crippen LogP contribution in [0.15, 0.2) is 35.5 Å². The highest BCUT2D eigenvalue weighted by molar-refractivity contribution is 7.83. The predicted octanol–water partition coefficient (Wildman–Crippen LogP) is 2.69. The van der Waals surface area contributed by atoms with Gasteiger partial charge >= 0.3 is 0 Å². The topological polar surface area (TPSA) is 12.0 Å². The van der Waals surface area contributed by atoms with Crippen LogP contribution >= 0.6 is 24.4 Å². The molecule has 1 nitrogen and oxygen atoms in total. The Labute approximate surface area is 94.6 Å². The lowest BCUT2D eigenvalue weighted by Crippen LogP contribution is -2.17. The van der Waals surface area contributed by atoms with Crippen LogP contribution in [0.1, 0.15) is 13.8 Å². The molecule has 0 aromatic carbocycles. The van der Waals surface area contributed by atoms with E-state index in [1.807, 2.05) is 12.2 Å². The summed E-state index contributed by atoms with van der Waals surface area (Å²) in [4.78, 5) is 1.49. The number of hydrogen-bond donors (Lipinski definition) is 1. The first-order valence-corrected chi connectivity index (χ1v) is 5.30. The molecule has 2 aliphatic rings. The van der Waals surface area contributed by atoms with E-state index >= 15 is 0 Å². The Balaban J connectivity index is 2.57. The molecule has 1 aliphatic carbocycles. The second kappa shape index (κ2) is 3.11. The summed E-state index contributed by atoms with van der Waals surface area (Å²) >= 11 is 10.4. The summed E-state index contributed by atoms with van der Waals surface area (Å²) in [5, 5.41) is 3.02. The van der Waals surface area contributed by atoms with Gasteiger partial charge in [0.05, 0.1) is 0 Å². The van der Waals surface area contributed by atoms with Crippen molar-refractivity contribution in [2.75, 3.05) is 0 Å². The molecule has 2 rings (SSSR count). The molecule has 0 aromatic heterocycles. The van der Waals surface area contributed by atoms with Gasteiger partial charge in [-0.2, -0.15) is 0 Å². The van der Waals surface area contributed by atoms with E-state index in [4.69, 9.17) is 24.4 Å². The molecular weight excluding hydrogens is 210 g/mol. The average molecular weight is 221 g/mol. The number of thiocarbonyl (C=S) groups is 2. The van der Waals surface area contributed by atoms with Gasteiger partial charge in [0.15, 0.2) is 0 Å². The molecule has 0 spiro atoms. The minimum Gasteiger partial charge on any atom is -0.337 e. The predicted molar refractivity (Wildman–Crippen MR) is 67.4 cm³/mol. The first kappa shape index (κ1) is 9.74. The lowest BCUT2D eigenvalue weighted by atomic mass is 9.91. The monoisotopic (exact) mass is 221 g/mol. The fourth-order valence-electron chi connectivity index (χ4n) is 1.60. The molecule has 0 atom stereocenters. The Morgan fingerprint density at radius 2 is 1.79 bits per heavy atom. The van der Waals surface area contributed by atoms with Gasteiger partial charge in [-0.25, -0.2) is 0 Å². The summed E-state index contributed by atoms with van der Waals surface area (Å²) in [5.74, 6) is 0. The summed E-state index contributed by atoms with van der Waals surface area (Å²) < 4.78 is 0. The van der Waals surface area contributed by atoms with Gasteiger partial charge in [-0.3, -0.25) is 0 Å². The van der Waals surface area contributed by atoms with Gasteiger partial charge in [0.2, 0.25) is 0 Å². The summed E-state index contributed by atoms with van der Waals surface area (Å²) in [6.45, 7) is 4.30. The van der Waals surface area contributed by atoms with Gasteiger partial charge < -0.3 is 5.32 Å². The largest absolute Gasteiger partial charge is 0.337 e. The van der Waals surface area contributed by atoms with E-state index in [2.05, 4.69) is 31.3 Å². The molecule has 1 fully saturated rings. The molecule has 0 amide bonds. The zero-order valence-electron chi connectivity index (χ0n) is 8.13. The lowest BCUT2D eigenvalue weighted by Gasteiger charge is -2.14. The summed E-state index contributed by atoms with van der Waals surface area (Å²) in [7, 11) is 0. The highest BCUT2D eigenvalue weighted by Crippen LogP contribution is 2.30. The standard InChI is InChI=1S/C11H11NS2/c1-11(2)5-3-4-7-8(6-11)10(14)12-9(7)13/h3-6H,1-2H3,(H,12,13,14). The van der Waals surface area contributed by atoms with Crippen LogP contribution in [-0.2, 0) is 0 Å². The minimum atomic E-state index is 0.0409. The van der Waals surface area contributed by atoms with Crippen LogP contribution in [0, 0.1) is 5.41 Å². The Hall–Kier alpha value is -0.800. The normalized spacial score (nSPS) is 23.6. The van der Waals surface area contributed by atoms with Gasteiger partial charge in [-0.05, 0) is 0 Å². The zero-order chi connectivity index (χ0) is 10.3. The van der Waals surface area contributed by atoms with E-state index < -0.39 is 0 Å². The van der Waals surface area contributed by atoms with E-state index in [-0.39, 0.29) is 5.41 Å². The summed E-state index contributed by atoms with van der Waals surface area (Å²) in [5.41, 5.74) is 2.16. The van der Waals surface area contributed by atoms with Crippen LogP contribution in [-0.4, -0.2) is 9.98 Å². The van der Waals surface area contributed by atoms with Crippen molar-refractivity contribution in [2.45, 2.75) is 13.8 Å². The van der Waals surface area contributed by atoms with Crippen molar-refractivity contribution in [3.05, 3.63) is 35.5 Å². The van der Waals surface area contributed by atoms with Crippen molar-refractivity contribution in [1.82, 2.24) is 5.32 Å². The molecule has 0 saturated carbocycles. The zero-order valence-corrected chi connectivity index (χ0v) is 9.76. The van der Waals surface area contributed by atoms with Crippen LogP contribution in [0.5, 0.6) is 0 Å². The smallest absolute Gasteiger partial charge is 0.112 e. The van der Waals surface area contributed by atoms with E-state index in [0.717, 1.165) is 21.1 Å². The molecule has 72 valence electrons. The molecule has 0 unspecified atom stereocenters. The third-order valence-corrected chi connectivity index (χ3v) is 2.96. The Morgan fingerprint density at radius 3 is 2.50 bits per heavy atom. The molecule has 1 aliphatic heterocycles. The first-order chi connectivity index (χ1) is 6.49. The molecular formula is C11H11NS2. The van der Waals surface area contributed by atoms with Crippen molar-refractivity contribution >= 4 is 34.4 Å². The number of rotatable bonds is 0. The summed E-state index contributed by atoms with van der Waals surface area (Å²) in [6.07, 6.45) is 8.38. The third-order valence-electron chi connectivity index (χ3n) is 2.31. The van der Waals surface area contributed by atoms with Gasteiger partial charge in [0.1, 0.15) is 9.98 Å². The molecule has 0 bridgehead atoms. The molecule has 3 heteroatoms. The average Bonchev–Trinajstić information content (AvgIpc) is 2.29. The lowest BCUT2D eigenvalue weighted by molar-refractivity contribution is 0.625. The van der Waals surface area contributed by atoms with Crippen molar-refractivity contribution in [1.29, 1.82) is 0 Å². The second-order valence-electron chi connectivity index (χ2n) is 4.10. The maximum Gasteiger partial charge on any atom is 0.112 e. The minimum absolute atomic E-state index is 0.0409. The van der Waals surface area contributed by atoms with Crippen LogP contribution in [0.2, 0.25) is 0 Å². The molecule has 0 aromatic rings. The molecule has 1 saturated heterocycles. The Morgan fingerprint density at radius 1 is 1.14 bits per heavy atom. The highest BCUT2D eigenvalue weighted by atomic mass is 32.1. The maximum atomic E-state index is 5.22. The fourth-order valence-corrected chi connectivity index (χ4v) is 2.22. The number of hydrogen-bond acceptors (Lipinski definition) is 2. The Kier molecular flexibility index (Phi) is 2.16. The molecule has 1 heterocycles. The van der Waals surface area contributed by atoms with Gasteiger partial charge in [-0.15, -0.1) is 0 Å². The van der Waals surface area contributed by atoms with Gasteiger partial charge in [0, 0.05) is 16.6 Å². The maximum absolute atomic E-state index is 5.22. The van der Waals surface area contributed by atoms with Crippen LogP contribution in [0.3, 0.4) is 0 Å². The SMILES string of the molecule is CC1(C)C=CC=C2C(=S)NC(=S)C2=C1. The van der Waals surface area contributed by atoms with Gasteiger partial charge in [0.25, 0.3) is 0 Å². The molecule has 14 heavy (non-hydrogen) atoms. The van der Waals surface area contributed by atoms with E-state index in [9.17, 15) is 0 Å². The third kappa shape index (κ3) is 1.57. The number of nitrogens with one attached hydrogen (secondary N) is 1. The number of allylic oxidation sites excluding steroid dienone is 4. The van der Waals surface area contributed by atoms with Crippen LogP contribution in [0.4, 0.5) is 0 Å². The van der Waals surface area contributed by atoms with E-state index in [1.54, 1.807) is 0 Å². The fraction of sp³-hybridized carbons (Fsp3) is 0.273. The highest BCUT2D eigenvalue weighted by Gasteiger charge is 2.27. The van der Waals surface area contributed by atoms with Crippen molar-refractivity contribution < 1.29 is 0 Å². The Bertz CT molecular complexity index is 411. The first-order valence-electron chi connectivity index (χ1n) is 4.48. The quantitative estimate of drug-likeness (QED) is 0.632.